The molecule has 24 heavy (non-hydrogen) atoms. The Balaban J connectivity index is 1.61. The van der Waals surface area contributed by atoms with Gasteiger partial charge in [0.25, 0.3) is 0 Å². The molecule has 1 atom stereocenters. The molecular weight excluding hydrogens is 308 g/mol. The molecule has 2 aromatic rings. The number of amides is 1. The summed E-state index contributed by atoms with van der Waals surface area (Å²) in [5.74, 6) is 0.769. The summed E-state index contributed by atoms with van der Waals surface area (Å²) in [5.41, 5.74) is 1.85. The molecule has 1 saturated heterocycles. The van der Waals surface area contributed by atoms with E-state index in [1.165, 1.54) is 0 Å². The lowest BCUT2D eigenvalue weighted by Gasteiger charge is -2.33. The van der Waals surface area contributed by atoms with Crippen LogP contribution in [0.4, 0.5) is 5.95 Å². The topological polar surface area (TPSA) is 71.7 Å². The number of aryl methyl sites for hydroxylation is 1. The maximum Gasteiger partial charge on any atom is 0.225 e. The molecular formula is C17H22N4O3. The minimum Gasteiger partial charge on any atom is -0.472 e. The van der Waals surface area contributed by atoms with Crippen molar-refractivity contribution in [2.75, 3.05) is 38.7 Å². The fourth-order valence-electron chi connectivity index (χ4n) is 2.66. The molecule has 0 saturated carbocycles. The number of hydrogen-bond donors (Lipinski definition) is 0. The van der Waals surface area contributed by atoms with Crippen molar-refractivity contribution < 1.29 is 13.9 Å². The Morgan fingerprint density at radius 1 is 1.42 bits per heavy atom. The number of rotatable bonds is 5. The first-order valence-corrected chi connectivity index (χ1v) is 8.04. The van der Waals surface area contributed by atoms with E-state index in [4.69, 9.17) is 9.15 Å². The Bertz CT molecular complexity index is 672. The second-order valence-electron chi connectivity index (χ2n) is 6.01. The summed E-state index contributed by atoms with van der Waals surface area (Å²) in [6.07, 6.45) is 5.98. The first kappa shape index (κ1) is 16.4. The summed E-state index contributed by atoms with van der Waals surface area (Å²) >= 11 is 0. The zero-order chi connectivity index (χ0) is 16.9. The predicted molar refractivity (Wildman–Crippen MR) is 88.7 cm³/mol. The van der Waals surface area contributed by atoms with Crippen LogP contribution in [-0.4, -0.2) is 54.6 Å². The Hall–Kier alpha value is -2.41. The molecule has 1 aliphatic rings. The Morgan fingerprint density at radius 2 is 2.29 bits per heavy atom. The molecule has 0 N–H and O–H groups in total. The summed E-state index contributed by atoms with van der Waals surface area (Å²) in [7, 11) is 3.79. The lowest BCUT2D eigenvalue weighted by Crippen LogP contribution is -2.42. The van der Waals surface area contributed by atoms with E-state index in [9.17, 15) is 4.79 Å². The van der Waals surface area contributed by atoms with Gasteiger partial charge in [0, 0.05) is 33.3 Å². The van der Waals surface area contributed by atoms with Crippen molar-refractivity contribution in [3.8, 4) is 0 Å². The highest BCUT2D eigenvalue weighted by Crippen LogP contribution is 2.22. The molecule has 0 bridgehead atoms. The number of carbonyl (C=O) groups excluding carboxylic acids is 1. The van der Waals surface area contributed by atoms with Crippen LogP contribution >= 0.6 is 0 Å². The van der Waals surface area contributed by atoms with E-state index in [0.29, 0.717) is 38.5 Å². The van der Waals surface area contributed by atoms with Crippen LogP contribution in [0.25, 0.3) is 0 Å². The second-order valence-corrected chi connectivity index (χ2v) is 6.01. The number of furan rings is 1. The maximum atomic E-state index is 12.4. The zero-order valence-corrected chi connectivity index (χ0v) is 14.0. The normalized spacial score (nSPS) is 17.8. The van der Waals surface area contributed by atoms with Crippen LogP contribution in [0, 0.1) is 0 Å². The number of aromatic nitrogens is 2. The Morgan fingerprint density at radius 3 is 3.04 bits per heavy atom. The van der Waals surface area contributed by atoms with Crippen molar-refractivity contribution in [3.05, 3.63) is 42.1 Å². The molecule has 0 spiro atoms. The third-order valence-electron chi connectivity index (χ3n) is 4.02. The van der Waals surface area contributed by atoms with E-state index in [-0.39, 0.29) is 12.0 Å². The van der Waals surface area contributed by atoms with Gasteiger partial charge < -0.3 is 19.0 Å². The van der Waals surface area contributed by atoms with Gasteiger partial charge in [-0.25, -0.2) is 9.97 Å². The van der Waals surface area contributed by atoms with E-state index < -0.39 is 0 Å². The van der Waals surface area contributed by atoms with Gasteiger partial charge in [0.1, 0.15) is 6.10 Å². The smallest absolute Gasteiger partial charge is 0.225 e. The molecule has 0 radical (unpaired) electrons. The molecule has 7 nitrogen and oxygen atoms in total. The summed E-state index contributed by atoms with van der Waals surface area (Å²) < 4.78 is 10.8. The Kier molecular flexibility index (Phi) is 5.10. The average molecular weight is 330 g/mol. The molecule has 7 heteroatoms. The van der Waals surface area contributed by atoms with Crippen LogP contribution in [0.15, 0.2) is 35.3 Å². The number of morpholine rings is 1. The first-order valence-electron chi connectivity index (χ1n) is 8.04. The van der Waals surface area contributed by atoms with Crippen molar-refractivity contribution in [1.82, 2.24) is 14.9 Å². The summed E-state index contributed by atoms with van der Waals surface area (Å²) in [6, 6.07) is 3.73. The van der Waals surface area contributed by atoms with Crippen molar-refractivity contribution >= 4 is 11.9 Å². The van der Waals surface area contributed by atoms with Crippen LogP contribution < -0.4 is 4.90 Å². The molecule has 1 amide bonds. The SMILES string of the molecule is CN(C)c1nccc([C@@H]2CN(C(=O)CCc3ccoc3)CCO2)n1. The average Bonchev–Trinajstić information content (AvgIpc) is 3.13. The molecule has 0 aromatic carbocycles. The van der Waals surface area contributed by atoms with Crippen molar-refractivity contribution in [2.45, 2.75) is 18.9 Å². The number of ether oxygens (including phenoxy) is 1. The number of anilines is 1. The second kappa shape index (κ2) is 7.44. The molecule has 0 unspecified atom stereocenters. The van der Waals surface area contributed by atoms with Crippen molar-refractivity contribution in [2.24, 2.45) is 0 Å². The van der Waals surface area contributed by atoms with E-state index >= 15 is 0 Å². The maximum absolute atomic E-state index is 12.4. The number of nitrogens with zero attached hydrogens (tertiary/aromatic N) is 4. The highest BCUT2D eigenvalue weighted by atomic mass is 16.5. The standard InChI is InChI=1S/C17H22N4O3/c1-20(2)17-18-7-5-14(19-17)15-11-21(8-10-24-15)16(22)4-3-13-6-9-23-12-13/h5-7,9,12,15H,3-4,8,10-11H2,1-2H3/t15-/m0/s1. The van der Waals surface area contributed by atoms with E-state index in [1.54, 1.807) is 18.7 Å². The van der Waals surface area contributed by atoms with Crippen molar-refractivity contribution in [1.29, 1.82) is 0 Å². The van der Waals surface area contributed by atoms with Crippen molar-refractivity contribution in [3.63, 3.8) is 0 Å². The van der Waals surface area contributed by atoms with Gasteiger partial charge in [-0.05, 0) is 24.1 Å². The summed E-state index contributed by atoms with van der Waals surface area (Å²) in [5, 5.41) is 0. The van der Waals surface area contributed by atoms with Crippen LogP contribution in [0.2, 0.25) is 0 Å². The quantitative estimate of drug-likeness (QED) is 0.830. The molecule has 128 valence electrons. The largest absolute Gasteiger partial charge is 0.472 e. The highest BCUT2D eigenvalue weighted by molar-refractivity contribution is 5.76. The van der Waals surface area contributed by atoms with E-state index in [2.05, 4.69) is 9.97 Å². The Labute approximate surface area is 141 Å². The van der Waals surface area contributed by atoms with E-state index in [0.717, 1.165) is 11.3 Å². The lowest BCUT2D eigenvalue weighted by molar-refractivity contribution is -0.139. The molecule has 2 aromatic heterocycles. The van der Waals surface area contributed by atoms with Gasteiger partial charge in [-0.15, -0.1) is 0 Å². The van der Waals surface area contributed by atoms with Gasteiger partial charge in [0.15, 0.2) is 0 Å². The minimum atomic E-state index is -0.210. The van der Waals surface area contributed by atoms with Gasteiger partial charge in [-0.2, -0.15) is 0 Å². The summed E-state index contributed by atoms with van der Waals surface area (Å²) in [4.78, 5) is 24.9. The molecule has 3 rings (SSSR count). The fourth-order valence-corrected chi connectivity index (χ4v) is 2.66. The molecule has 3 heterocycles. The monoisotopic (exact) mass is 330 g/mol. The third kappa shape index (κ3) is 3.91. The van der Waals surface area contributed by atoms with Crippen LogP contribution in [0.5, 0.6) is 0 Å². The van der Waals surface area contributed by atoms with Gasteiger partial charge in [0.05, 0.1) is 31.4 Å². The number of hydrogen-bond acceptors (Lipinski definition) is 6. The van der Waals surface area contributed by atoms with E-state index in [1.807, 2.05) is 36.0 Å². The van der Waals surface area contributed by atoms with Gasteiger partial charge >= 0.3 is 0 Å². The predicted octanol–water partition coefficient (Wildman–Crippen LogP) is 1.67. The third-order valence-corrected chi connectivity index (χ3v) is 4.02. The minimum absolute atomic E-state index is 0.131. The zero-order valence-electron chi connectivity index (χ0n) is 14.0. The van der Waals surface area contributed by atoms with Crippen LogP contribution in [-0.2, 0) is 16.0 Å². The lowest BCUT2D eigenvalue weighted by atomic mass is 10.1. The van der Waals surface area contributed by atoms with Gasteiger partial charge in [-0.1, -0.05) is 0 Å². The first-order chi connectivity index (χ1) is 11.6. The molecule has 1 fully saturated rings. The summed E-state index contributed by atoms with van der Waals surface area (Å²) in [6.45, 7) is 1.66. The molecule has 0 aliphatic carbocycles. The molecule has 1 aliphatic heterocycles. The van der Waals surface area contributed by atoms with Gasteiger partial charge in [-0.3, -0.25) is 4.79 Å². The highest BCUT2D eigenvalue weighted by Gasteiger charge is 2.26. The fraction of sp³-hybridized carbons (Fsp3) is 0.471. The van der Waals surface area contributed by atoms with Crippen LogP contribution in [0.1, 0.15) is 23.8 Å². The van der Waals surface area contributed by atoms with Crippen LogP contribution in [0.3, 0.4) is 0 Å². The number of carbonyl (C=O) groups is 1. The van der Waals surface area contributed by atoms with Gasteiger partial charge in [0.2, 0.25) is 11.9 Å².